The fourth-order valence-electron chi connectivity index (χ4n) is 1.56. The third-order valence-electron chi connectivity index (χ3n) is 2.28. The minimum atomic E-state index is 0.944. The second-order valence-corrected chi connectivity index (χ2v) is 3.73. The van der Waals surface area contributed by atoms with Gasteiger partial charge >= 0.3 is 0 Å². The zero-order valence-corrected chi connectivity index (χ0v) is 9.50. The van der Waals surface area contributed by atoms with Gasteiger partial charge in [-0.1, -0.05) is 13.0 Å². The van der Waals surface area contributed by atoms with E-state index in [0.717, 1.165) is 18.7 Å². The van der Waals surface area contributed by atoms with Crippen LogP contribution in [0, 0.1) is 0 Å². The number of rotatable bonds is 4. The van der Waals surface area contributed by atoms with Gasteiger partial charge in [-0.15, -0.1) is 0 Å². The van der Waals surface area contributed by atoms with E-state index in [0.29, 0.717) is 0 Å². The maximum absolute atomic E-state index is 5.22. The van der Waals surface area contributed by atoms with Gasteiger partial charge in [0.05, 0.1) is 7.11 Å². The monoisotopic (exact) mass is 193 g/mol. The van der Waals surface area contributed by atoms with Crippen molar-refractivity contribution in [1.82, 2.24) is 4.90 Å². The minimum absolute atomic E-state index is 0.944. The van der Waals surface area contributed by atoms with E-state index < -0.39 is 0 Å². The van der Waals surface area contributed by atoms with Gasteiger partial charge in [0, 0.05) is 6.54 Å². The van der Waals surface area contributed by atoms with Crippen LogP contribution in [-0.4, -0.2) is 26.1 Å². The summed E-state index contributed by atoms with van der Waals surface area (Å²) < 4.78 is 5.22. The molecular formula is C12H19NO. The van der Waals surface area contributed by atoms with E-state index in [-0.39, 0.29) is 0 Å². The highest BCUT2D eigenvalue weighted by atomic mass is 16.5. The molecule has 0 spiro atoms. The van der Waals surface area contributed by atoms with Crippen LogP contribution in [-0.2, 0) is 13.0 Å². The van der Waals surface area contributed by atoms with Crippen LogP contribution in [0.3, 0.4) is 0 Å². The smallest absolute Gasteiger partial charge is 0.119 e. The molecule has 1 aromatic carbocycles. The zero-order valence-electron chi connectivity index (χ0n) is 9.50. The van der Waals surface area contributed by atoms with Crippen molar-refractivity contribution in [3.63, 3.8) is 0 Å². The van der Waals surface area contributed by atoms with Crippen LogP contribution in [0.25, 0.3) is 0 Å². The molecule has 0 saturated heterocycles. The fraction of sp³-hybridized carbons (Fsp3) is 0.500. The molecule has 0 bridgehead atoms. The molecular weight excluding hydrogens is 174 g/mol. The topological polar surface area (TPSA) is 12.5 Å². The lowest BCUT2D eigenvalue weighted by atomic mass is 10.0. The van der Waals surface area contributed by atoms with E-state index in [1.807, 2.05) is 6.07 Å². The van der Waals surface area contributed by atoms with Crippen LogP contribution < -0.4 is 4.74 Å². The van der Waals surface area contributed by atoms with E-state index >= 15 is 0 Å². The number of aryl methyl sites for hydroxylation is 1. The molecule has 1 aromatic rings. The van der Waals surface area contributed by atoms with Crippen molar-refractivity contribution in [3.05, 3.63) is 29.3 Å². The largest absolute Gasteiger partial charge is 0.497 e. The molecule has 0 unspecified atom stereocenters. The second kappa shape index (κ2) is 5.01. The number of nitrogens with zero attached hydrogens (tertiary/aromatic N) is 1. The standard InChI is InChI=1S/C12H19NO/c1-5-10-6-7-12(14-4)8-11(10)9-13(2)3/h6-8H,5,9H2,1-4H3. The van der Waals surface area contributed by atoms with Crippen LogP contribution in [0.15, 0.2) is 18.2 Å². The molecule has 0 heterocycles. The van der Waals surface area contributed by atoms with Gasteiger partial charge in [-0.25, -0.2) is 0 Å². The van der Waals surface area contributed by atoms with Gasteiger partial charge in [0.15, 0.2) is 0 Å². The Morgan fingerprint density at radius 1 is 1.21 bits per heavy atom. The summed E-state index contributed by atoms with van der Waals surface area (Å²) in [5, 5.41) is 0. The van der Waals surface area contributed by atoms with Crippen LogP contribution in [0.4, 0.5) is 0 Å². The molecule has 0 amide bonds. The molecule has 78 valence electrons. The average molecular weight is 193 g/mol. The van der Waals surface area contributed by atoms with Crippen molar-refractivity contribution in [2.45, 2.75) is 19.9 Å². The lowest BCUT2D eigenvalue weighted by Crippen LogP contribution is -2.12. The van der Waals surface area contributed by atoms with Crippen molar-refractivity contribution in [2.24, 2.45) is 0 Å². The van der Waals surface area contributed by atoms with Gasteiger partial charge in [0.25, 0.3) is 0 Å². The molecule has 0 N–H and O–H groups in total. The quantitative estimate of drug-likeness (QED) is 0.727. The first-order chi connectivity index (χ1) is 6.67. The predicted molar refractivity (Wildman–Crippen MR) is 59.8 cm³/mol. The first-order valence-electron chi connectivity index (χ1n) is 4.98. The second-order valence-electron chi connectivity index (χ2n) is 3.73. The molecule has 2 heteroatoms. The minimum Gasteiger partial charge on any atom is -0.497 e. The van der Waals surface area contributed by atoms with Crippen LogP contribution in [0.2, 0.25) is 0 Å². The van der Waals surface area contributed by atoms with Gasteiger partial charge in [0.2, 0.25) is 0 Å². The Morgan fingerprint density at radius 3 is 2.43 bits per heavy atom. The third kappa shape index (κ3) is 2.74. The van der Waals surface area contributed by atoms with Gasteiger partial charge < -0.3 is 9.64 Å². The Labute approximate surface area is 86.5 Å². The average Bonchev–Trinajstić information content (AvgIpc) is 2.16. The number of benzene rings is 1. The summed E-state index contributed by atoms with van der Waals surface area (Å²) >= 11 is 0. The molecule has 0 fully saturated rings. The van der Waals surface area contributed by atoms with Crippen molar-refractivity contribution in [1.29, 1.82) is 0 Å². The Kier molecular flexibility index (Phi) is 3.96. The third-order valence-corrected chi connectivity index (χ3v) is 2.28. The summed E-state index contributed by atoms with van der Waals surface area (Å²) in [6.45, 7) is 3.15. The fourth-order valence-corrected chi connectivity index (χ4v) is 1.56. The van der Waals surface area contributed by atoms with Crippen LogP contribution in [0.1, 0.15) is 18.1 Å². The van der Waals surface area contributed by atoms with E-state index in [1.165, 1.54) is 11.1 Å². The number of methoxy groups -OCH3 is 1. The predicted octanol–water partition coefficient (Wildman–Crippen LogP) is 2.32. The molecule has 0 radical (unpaired) electrons. The number of hydrogen-bond donors (Lipinski definition) is 0. The normalized spacial score (nSPS) is 10.6. The van der Waals surface area contributed by atoms with Gasteiger partial charge in [-0.05, 0) is 43.8 Å². The Hall–Kier alpha value is -1.02. The van der Waals surface area contributed by atoms with E-state index in [1.54, 1.807) is 7.11 Å². The Morgan fingerprint density at radius 2 is 1.93 bits per heavy atom. The summed E-state index contributed by atoms with van der Waals surface area (Å²) in [6.07, 6.45) is 1.08. The van der Waals surface area contributed by atoms with Crippen LogP contribution in [0.5, 0.6) is 5.75 Å². The molecule has 1 rings (SSSR count). The summed E-state index contributed by atoms with van der Waals surface area (Å²) in [5.74, 6) is 0.944. The van der Waals surface area contributed by atoms with Gasteiger partial charge in [-0.3, -0.25) is 0 Å². The summed E-state index contributed by atoms with van der Waals surface area (Å²) in [7, 11) is 5.87. The lowest BCUT2D eigenvalue weighted by Gasteiger charge is -2.14. The summed E-state index contributed by atoms with van der Waals surface area (Å²) in [6, 6.07) is 6.30. The summed E-state index contributed by atoms with van der Waals surface area (Å²) in [5.41, 5.74) is 2.76. The molecule has 0 aromatic heterocycles. The van der Waals surface area contributed by atoms with E-state index in [2.05, 4.69) is 38.1 Å². The van der Waals surface area contributed by atoms with Crippen LogP contribution >= 0.6 is 0 Å². The highest BCUT2D eigenvalue weighted by Gasteiger charge is 2.03. The lowest BCUT2D eigenvalue weighted by molar-refractivity contribution is 0.394. The first-order valence-corrected chi connectivity index (χ1v) is 4.98. The van der Waals surface area contributed by atoms with E-state index in [9.17, 15) is 0 Å². The molecule has 2 nitrogen and oxygen atoms in total. The maximum Gasteiger partial charge on any atom is 0.119 e. The van der Waals surface area contributed by atoms with Gasteiger partial charge in [0.1, 0.15) is 5.75 Å². The molecule has 0 aliphatic carbocycles. The van der Waals surface area contributed by atoms with Crippen molar-refractivity contribution < 1.29 is 4.74 Å². The van der Waals surface area contributed by atoms with E-state index in [4.69, 9.17) is 4.74 Å². The first kappa shape index (κ1) is 11.1. The zero-order chi connectivity index (χ0) is 10.6. The molecule has 0 saturated carbocycles. The molecule has 0 aliphatic rings. The Balaban J connectivity index is 2.96. The maximum atomic E-state index is 5.22. The molecule has 14 heavy (non-hydrogen) atoms. The van der Waals surface area contributed by atoms with Crippen molar-refractivity contribution in [3.8, 4) is 5.75 Å². The van der Waals surface area contributed by atoms with Crippen molar-refractivity contribution >= 4 is 0 Å². The number of ether oxygens (including phenoxy) is 1. The molecule has 0 aliphatic heterocycles. The Bertz CT molecular complexity index is 294. The SMILES string of the molecule is CCc1ccc(OC)cc1CN(C)C. The van der Waals surface area contributed by atoms with Crippen molar-refractivity contribution in [2.75, 3.05) is 21.2 Å². The highest BCUT2D eigenvalue weighted by Crippen LogP contribution is 2.19. The van der Waals surface area contributed by atoms with Gasteiger partial charge in [-0.2, -0.15) is 0 Å². The number of hydrogen-bond acceptors (Lipinski definition) is 2. The summed E-state index contributed by atoms with van der Waals surface area (Å²) in [4.78, 5) is 2.17. The molecule has 0 atom stereocenters. The highest BCUT2D eigenvalue weighted by molar-refractivity contribution is 5.35.